The van der Waals surface area contributed by atoms with Gasteiger partial charge in [-0.25, -0.2) is 0 Å². The van der Waals surface area contributed by atoms with Crippen LogP contribution in [0, 0.1) is 0 Å². The number of fused-ring (bicyclic) bond motifs is 1. The molecular formula is C10H13AlO4S. The Morgan fingerprint density at radius 3 is 2.25 bits per heavy atom. The molecule has 0 radical (unpaired) electrons. The fourth-order valence-electron chi connectivity index (χ4n) is 1.36. The zero-order chi connectivity index (χ0) is 9.97. The number of thiol groups is 1. The van der Waals surface area contributed by atoms with Crippen LogP contribution in [-0.2, 0) is 11.0 Å². The third-order valence-corrected chi connectivity index (χ3v) is 2.27. The van der Waals surface area contributed by atoms with Crippen LogP contribution in [0.2, 0.25) is 0 Å². The maximum atomic E-state index is 10.4. The normalized spacial score (nSPS) is 9.31. The van der Waals surface area contributed by atoms with Gasteiger partial charge in [0.05, 0.1) is 0 Å². The van der Waals surface area contributed by atoms with Gasteiger partial charge in [-0.3, -0.25) is 0 Å². The summed E-state index contributed by atoms with van der Waals surface area (Å²) in [5, 5.41) is 1.76. The quantitative estimate of drug-likeness (QED) is 0.594. The Kier molecular flexibility index (Phi) is 6.08. The minimum Gasteiger partial charge on any atom is -0.412 e. The average Bonchev–Trinajstić information content (AvgIpc) is 2.18. The fraction of sp³-hybridized carbons (Fsp3) is 0. The average molecular weight is 256 g/mol. The second-order valence-corrected chi connectivity index (χ2v) is 3.42. The number of benzene rings is 2. The lowest BCUT2D eigenvalue weighted by Crippen LogP contribution is -1.90. The summed E-state index contributed by atoms with van der Waals surface area (Å²) < 4.78 is 25.5. The van der Waals surface area contributed by atoms with E-state index in [0.29, 0.717) is 5.75 Å². The van der Waals surface area contributed by atoms with Gasteiger partial charge < -0.3 is 9.66 Å². The van der Waals surface area contributed by atoms with Crippen LogP contribution < -0.4 is 4.18 Å². The van der Waals surface area contributed by atoms with Crippen LogP contribution in [-0.4, -0.2) is 31.3 Å². The first-order valence-electron chi connectivity index (χ1n) is 4.07. The first kappa shape index (κ1) is 14.9. The zero-order valence-corrected chi connectivity index (χ0v) is 8.61. The Morgan fingerprint density at radius 2 is 1.56 bits per heavy atom. The molecule has 0 saturated heterocycles. The fourth-order valence-corrected chi connectivity index (χ4v) is 1.68. The van der Waals surface area contributed by atoms with Crippen molar-refractivity contribution >= 4 is 39.1 Å². The monoisotopic (exact) mass is 256 g/mol. The molecule has 2 aromatic rings. The highest BCUT2D eigenvalue weighted by Gasteiger charge is 2.00. The topological polar surface area (TPSA) is 74.9 Å². The zero-order valence-electron chi connectivity index (χ0n) is 7.71. The molecule has 0 atom stereocenters. The lowest BCUT2D eigenvalue weighted by molar-refractivity contribution is 0.513. The summed E-state index contributed by atoms with van der Waals surface area (Å²) in [6.45, 7) is 0. The van der Waals surface area contributed by atoms with Gasteiger partial charge in [0.1, 0.15) is 5.75 Å². The van der Waals surface area contributed by atoms with Gasteiger partial charge in [-0.15, -0.1) is 0 Å². The second-order valence-electron chi connectivity index (χ2n) is 2.79. The minimum absolute atomic E-state index is 0. The van der Waals surface area contributed by atoms with E-state index in [1.807, 2.05) is 30.3 Å². The highest BCUT2D eigenvalue weighted by Crippen LogP contribution is 2.24. The van der Waals surface area contributed by atoms with Crippen molar-refractivity contribution in [2.45, 2.75) is 0 Å². The molecule has 0 amide bonds. The molecule has 2 rings (SSSR count). The summed E-state index contributed by atoms with van der Waals surface area (Å²) in [4.78, 5) is 0. The minimum atomic E-state index is -2.85. The van der Waals surface area contributed by atoms with Crippen molar-refractivity contribution in [2.75, 3.05) is 0 Å². The van der Waals surface area contributed by atoms with E-state index in [4.69, 9.17) is 0 Å². The maximum absolute atomic E-state index is 10.4. The molecule has 0 heterocycles. The van der Waals surface area contributed by atoms with Crippen molar-refractivity contribution < 1.29 is 18.1 Å². The van der Waals surface area contributed by atoms with E-state index in [0.717, 1.165) is 10.8 Å². The number of rotatable bonds is 2. The summed E-state index contributed by atoms with van der Waals surface area (Å²) in [6.07, 6.45) is 0. The highest BCUT2D eigenvalue weighted by atomic mass is 32.2. The molecule has 0 saturated carbocycles. The van der Waals surface area contributed by atoms with Crippen LogP contribution >= 0.6 is 0 Å². The van der Waals surface area contributed by atoms with Gasteiger partial charge in [0, 0.05) is 5.39 Å². The molecule has 0 unspecified atom stereocenters. The summed E-state index contributed by atoms with van der Waals surface area (Å²) in [7, 11) is -2.85. The first-order valence-corrected chi connectivity index (χ1v) is 5.17. The van der Waals surface area contributed by atoms with Crippen LogP contribution in [0.3, 0.4) is 0 Å². The second kappa shape index (κ2) is 6.51. The molecule has 0 aromatic heterocycles. The van der Waals surface area contributed by atoms with Crippen LogP contribution in [0.5, 0.6) is 5.75 Å². The molecule has 0 fully saturated rings. The van der Waals surface area contributed by atoms with Gasteiger partial charge in [-0.1, -0.05) is 36.4 Å². The Labute approximate surface area is 105 Å². The molecule has 16 heavy (non-hydrogen) atoms. The molecule has 0 aliphatic heterocycles. The maximum Gasteiger partial charge on any atom is 0.299 e. The van der Waals surface area contributed by atoms with Crippen molar-refractivity contribution in [3.05, 3.63) is 42.5 Å². The number of hydrogen-bond acceptors (Lipinski definition) is 3. The van der Waals surface area contributed by atoms with Crippen molar-refractivity contribution in [3.63, 3.8) is 0 Å². The van der Waals surface area contributed by atoms with Gasteiger partial charge in [-0.2, -0.15) is 8.42 Å². The smallest absolute Gasteiger partial charge is 0.299 e. The Balaban J connectivity index is 0.00000112. The van der Waals surface area contributed by atoms with Crippen LogP contribution in [0.4, 0.5) is 0 Å². The van der Waals surface area contributed by atoms with Gasteiger partial charge in [0.25, 0.3) is 11.0 Å². The third-order valence-electron chi connectivity index (χ3n) is 1.92. The van der Waals surface area contributed by atoms with E-state index >= 15 is 0 Å². The predicted octanol–water partition coefficient (Wildman–Crippen LogP) is -0.264. The highest BCUT2D eigenvalue weighted by molar-refractivity contribution is 7.67. The lowest BCUT2D eigenvalue weighted by atomic mass is 10.1. The van der Waals surface area contributed by atoms with Gasteiger partial charge in [0.15, 0.2) is 17.4 Å². The van der Waals surface area contributed by atoms with Crippen LogP contribution in [0.25, 0.3) is 10.8 Å². The molecule has 0 spiro atoms. The Bertz CT molecular complexity index is 526. The molecule has 86 valence electrons. The van der Waals surface area contributed by atoms with E-state index in [1.165, 1.54) is 0 Å². The Morgan fingerprint density at radius 1 is 0.938 bits per heavy atom. The SMILES string of the molecule is O.O=[SH](=O)Oc1cccc2ccccc12.[AlH3]. The lowest BCUT2D eigenvalue weighted by Gasteiger charge is -2.02. The largest absolute Gasteiger partial charge is 0.412 e. The first-order chi connectivity index (χ1) is 6.77. The van der Waals surface area contributed by atoms with Crippen molar-refractivity contribution in [3.8, 4) is 5.75 Å². The summed E-state index contributed by atoms with van der Waals surface area (Å²) in [5.41, 5.74) is 0. The Hall–Kier alpha value is -1.06. The molecule has 4 nitrogen and oxygen atoms in total. The van der Waals surface area contributed by atoms with E-state index < -0.39 is 11.0 Å². The molecule has 0 bridgehead atoms. The summed E-state index contributed by atoms with van der Waals surface area (Å²) >= 11 is 0. The standard InChI is InChI=1S/C10H8O3S.Al.H2O.3H/c11-14(12)13-10-7-3-5-8-4-1-2-6-9(8)10;;;;;/h1-7,14H;;1H2;;;. The van der Waals surface area contributed by atoms with Gasteiger partial charge >= 0.3 is 0 Å². The molecule has 6 heteroatoms. The predicted molar refractivity (Wildman–Crippen MR) is 68.4 cm³/mol. The number of hydrogen-bond donors (Lipinski definition) is 1. The molecular weight excluding hydrogens is 243 g/mol. The van der Waals surface area contributed by atoms with Crippen LogP contribution in [0.1, 0.15) is 0 Å². The van der Waals surface area contributed by atoms with Crippen molar-refractivity contribution in [2.24, 2.45) is 0 Å². The molecule has 2 N–H and O–H groups in total. The summed E-state index contributed by atoms with van der Waals surface area (Å²) in [6, 6.07) is 12.8. The van der Waals surface area contributed by atoms with Gasteiger partial charge in [-0.05, 0) is 11.5 Å². The van der Waals surface area contributed by atoms with E-state index in [1.54, 1.807) is 12.1 Å². The van der Waals surface area contributed by atoms with Gasteiger partial charge in [0.2, 0.25) is 0 Å². The van der Waals surface area contributed by atoms with E-state index in [2.05, 4.69) is 4.18 Å². The molecule has 0 aliphatic rings. The van der Waals surface area contributed by atoms with Crippen molar-refractivity contribution in [1.29, 1.82) is 0 Å². The van der Waals surface area contributed by atoms with E-state index in [9.17, 15) is 8.42 Å². The van der Waals surface area contributed by atoms with Crippen molar-refractivity contribution in [1.82, 2.24) is 0 Å². The van der Waals surface area contributed by atoms with E-state index in [-0.39, 0.29) is 22.8 Å². The molecule has 2 aromatic carbocycles. The summed E-state index contributed by atoms with van der Waals surface area (Å²) in [5.74, 6) is 0.374. The third kappa shape index (κ3) is 3.22. The van der Waals surface area contributed by atoms with Crippen LogP contribution in [0.15, 0.2) is 42.5 Å². The molecule has 0 aliphatic carbocycles.